The molecule has 1 aromatic rings. The molecule has 0 saturated carbocycles. The second-order valence-electron chi connectivity index (χ2n) is 4.98. The fourth-order valence-corrected chi connectivity index (χ4v) is 2.37. The van der Waals surface area contributed by atoms with E-state index >= 15 is 0 Å². The van der Waals surface area contributed by atoms with Crippen molar-refractivity contribution < 1.29 is 4.79 Å². The van der Waals surface area contributed by atoms with Gasteiger partial charge in [-0.1, -0.05) is 11.8 Å². The molecular weight excluding hydrogens is 252 g/mol. The van der Waals surface area contributed by atoms with Crippen LogP contribution in [-0.4, -0.2) is 48.5 Å². The minimum absolute atomic E-state index is 0.160. The Morgan fingerprint density at radius 1 is 1.65 bits per heavy atom. The highest BCUT2D eigenvalue weighted by Gasteiger charge is 2.21. The predicted octanol–water partition coefficient (Wildman–Crippen LogP) is 0.216. The summed E-state index contributed by atoms with van der Waals surface area (Å²) < 4.78 is 0. The van der Waals surface area contributed by atoms with Crippen molar-refractivity contribution in [3.63, 3.8) is 0 Å². The number of likely N-dealkylation sites (N-methyl/N-ethyl adjacent to an activating group) is 1. The van der Waals surface area contributed by atoms with Gasteiger partial charge in [0.25, 0.3) is 5.91 Å². The molecule has 106 valence electrons. The summed E-state index contributed by atoms with van der Waals surface area (Å²) in [7, 11) is 2.07. The normalized spacial score (nSPS) is 19.0. The third kappa shape index (κ3) is 3.80. The summed E-state index contributed by atoms with van der Waals surface area (Å²) in [5, 5.41) is 3.04. The average Bonchev–Trinajstić information content (AvgIpc) is 2.45. The summed E-state index contributed by atoms with van der Waals surface area (Å²) in [6, 6.07) is 3.74. The molecule has 1 amide bonds. The van der Waals surface area contributed by atoms with E-state index in [0.717, 1.165) is 25.9 Å². The number of nitrogens with two attached hydrogens (primary N) is 1. The van der Waals surface area contributed by atoms with E-state index in [2.05, 4.69) is 34.1 Å². The molecule has 2 heterocycles. The second kappa shape index (κ2) is 7.04. The van der Waals surface area contributed by atoms with Gasteiger partial charge in [-0.2, -0.15) is 0 Å². The first-order chi connectivity index (χ1) is 9.70. The van der Waals surface area contributed by atoms with Crippen molar-refractivity contribution >= 4 is 5.91 Å². The Morgan fingerprint density at radius 3 is 3.25 bits per heavy atom. The lowest BCUT2D eigenvalue weighted by molar-refractivity contribution is 0.0907. The Labute approximate surface area is 119 Å². The van der Waals surface area contributed by atoms with Gasteiger partial charge in [-0.3, -0.25) is 4.79 Å². The van der Waals surface area contributed by atoms with Gasteiger partial charge in [0.05, 0.1) is 12.1 Å². The van der Waals surface area contributed by atoms with Crippen LogP contribution in [0.4, 0.5) is 0 Å². The summed E-state index contributed by atoms with van der Waals surface area (Å²) in [5.74, 6) is 5.49. The van der Waals surface area contributed by atoms with Gasteiger partial charge in [-0.05, 0) is 38.6 Å². The SMILES string of the molecule is CN1CCCC(NC(=O)c2ncccc2C#CCN)C1. The Morgan fingerprint density at radius 2 is 2.50 bits per heavy atom. The number of carbonyl (C=O) groups excluding carboxylic acids is 1. The smallest absolute Gasteiger partial charge is 0.271 e. The van der Waals surface area contributed by atoms with Crippen molar-refractivity contribution in [1.82, 2.24) is 15.2 Å². The number of rotatable bonds is 2. The molecule has 2 rings (SSSR count). The van der Waals surface area contributed by atoms with Gasteiger partial charge in [-0.15, -0.1) is 0 Å². The molecule has 1 unspecified atom stereocenters. The van der Waals surface area contributed by atoms with Crippen LogP contribution in [0.3, 0.4) is 0 Å². The first-order valence-corrected chi connectivity index (χ1v) is 6.84. The van der Waals surface area contributed by atoms with Crippen molar-refractivity contribution in [1.29, 1.82) is 0 Å². The maximum atomic E-state index is 12.3. The Bertz CT molecular complexity index is 532. The quantitative estimate of drug-likeness (QED) is 0.755. The van der Waals surface area contributed by atoms with Crippen LogP contribution in [0.5, 0.6) is 0 Å². The van der Waals surface area contributed by atoms with Crippen LogP contribution in [0, 0.1) is 11.8 Å². The number of pyridine rings is 1. The first-order valence-electron chi connectivity index (χ1n) is 6.84. The molecule has 1 aromatic heterocycles. The molecule has 5 heteroatoms. The van der Waals surface area contributed by atoms with Crippen molar-refractivity contribution in [2.24, 2.45) is 5.73 Å². The highest BCUT2D eigenvalue weighted by atomic mass is 16.1. The third-order valence-corrected chi connectivity index (χ3v) is 3.31. The molecular formula is C15H20N4O. The van der Waals surface area contributed by atoms with E-state index in [-0.39, 0.29) is 18.5 Å². The van der Waals surface area contributed by atoms with Gasteiger partial charge < -0.3 is 16.0 Å². The maximum absolute atomic E-state index is 12.3. The maximum Gasteiger partial charge on any atom is 0.271 e. The van der Waals surface area contributed by atoms with Crippen LogP contribution in [0.15, 0.2) is 18.3 Å². The molecule has 0 aromatic carbocycles. The lowest BCUT2D eigenvalue weighted by atomic mass is 10.1. The van der Waals surface area contributed by atoms with Crippen molar-refractivity contribution in [3.05, 3.63) is 29.6 Å². The van der Waals surface area contributed by atoms with Crippen molar-refractivity contribution in [2.45, 2.75) is 18.9 Å². The van der Waals surface area contributed by atoms with Crippen LogP contribution in [-0.2, 0) is 0 Å². The topological polar surface area (TPSA) is 71.2 Å². The molecule has 5 nitrogen and oxygen atoms in total. The fourth-order valence-electron chi connectivity index (χ4n) is 2.37. The summed E-state index contributed by atoms with van der Waals surface area (Å²) >= 11 is 0. The second-order valence-corrected chi connectivity index (χ2v) is 4.98. The number of likely N-dealkylation sites (tertiary alicyclic amines) is 1. The minimum Gasteiger partial charge on any atom is -0.347 e. The van der Waals surface area contributed by atoms with E-state index in [1.807, 2.05) is 0 Å². The van der Waals surface area contributed by atoms with Gasteiger partial charge in [0, 0.05) is 18.8 Å². The standard InChI is InChI=1S/C15H20N4O/c1-19-10-4-7-13(11-19)18-15(20)14-12(5-2-8-16)6-3-9-17-14/h3,6,9,13H,4,7-8,10-11,16H2,1H3,(H,18,20). The van der Waals surface area contributed by atoms with E-state index in [1.54, 1.807) is 18.3 Å². The molecule has 1 aliphatic rings. The van der Waals surface area contributed by atoms with Gasteiger partial charge in [0.1, 0.15) is 5.69 Å². The van der Waals surface area contributed by atoms with Gasteiger partial charge in [0.2, 0.25) is 0 Å². The number of carbonyl (C=O) groups is 1. The molecule has 0 bridgehead atoms. The largest absolute Gasteiger partial charge is 0.347 e. The number of nitrogens with one attached hydrogen (secondary N) is 1. The zero-order valence-electron chi connectivity index (χ0n) is 11.7. The monoisotopic (exact) mass is 272 g/mol. The number of amides is 1. The lowest BCUT2D eigenvalue weighted by Crippen LogP contribution is -2.46. The van der Waals surface area contributed by atoms with Crippen LogP contribution >= 0.6 is 0 Å². The number of nitrogens with zero attached hydrogens (tertiary/aromatic N) is 2. The lowest BCUT2D eigenvalue weighted by Gasteiger charge is -2.30. The van der Waals surface area contributed by atoms with E-state index in [0.29, 0.717) is 11.3 Å². The molecule has 1 aliphatic heterocycles. The predicted molar refractivity (Wildman–Crippen MR) is 78.2 cm³/mol. The van der Waals surface area contributed by atoms with Crippen LogP contribution in [0.25, 0.3) is 0 Å². The van der Waals surface area contributed by atoms with Gasteiger partial charge in [0.15, 0.2) is 0 Å². The fraction of sp³-hybridized carbons (Fsp3) is 0.467. The van der Waals surface area contributed by atoms with Crippen LogP contribution < -0.4 is 11.1 Å². The van der Waals surface area contributed by atoms with Crippen LogP contribution in [0.1, 0.15) is 28.9 Å². The first kappa shape index (κ1) is 14.5. The molecule has 0 aliphatic carbocycles. The third-order valence-electron chi connectivity index (χ3n) is 3.31. The molecule has 1 atom stereocenters. The minimum atomic E-state index is -0.160. The zero-order valence-corrected chi connectivity index (χ0v) is 11.7. The number of hydrogen-bond acceptors (Lipinski definition) is 4. The van der Waals surface area contributed by atoms with Crippen molar-refractivity contribution in [3.8, 4) is 11.8 Å². The summed E-state index contributed by atoms with van der Waals surface area (Å²) in [6.07, 6.45) is 3.71. The van der Waals surface area contributed by atoms with E-state index in [1.165, 1.54) is 0 Å². The van der Waals surface area contributed by atoms with Crippen LogP contribution in [0.2, 0.25) is 0 Å². The van der Waals surface area contributed by atoms with E-state index < -0.39 is 0 Å². The highest BCUT2D eigenvalue weighted by Crippen LogP contribution is 2.10. The molecule has 3 N–H and O–H groups in total. The van der Waals surface area contributed by atoms with Crippen molar-refractivity contribution in [2.75, 3.05) is 26.7 Å². The number of aromatic nitrogens is 1. The Kier molecular flexibility index (Phi) is 5.10. The number of hydrogen-bond donors (Lipinski definition) is 2. The highest BCUT2D eigenvalue weighted by molar-refractivity contribution is 5.94. The molecule has 1 fully saturated rings. The Hall–Kier alpha value is -1.90. The number of piperidine rings is 1. The molecule has 0 spiro atoms. The average molecular weight is 272 g/mol. The van der Waals surface area contributed by atoms with E-state index in [9.17, 15) is 4.79 Å². The van der Waals surface area contributed by atoms with Gasteiger partial charge in [-0.25, -0.2) is 4.98 Å². The zero-order chi connectivity index (χ0) is 14.4. The summed E-state index contributed by atoms with van der Waals surface area (Å²) in [4.78, 5) is 18.7. The Balaban J connectivity index is 2.09. The summed E-state index contributed by atoms with van der Waals surface area (Å²) in [6.45, 7) is 2.23. The summed E-state index contributed by atoms with van der Waals surface area (Å²) in [5.41, 5.74) is 6.37. The molecule has 20 heavy (non-hydrogen) atoms. The molecule has 1 saturated heterocycles. The van der Waals surface area contributed by atoms with Gasteiger partial charge >= 0.3 is 0 Å². The van der Waals surface area contributed by atoms with E-state index in [4.69, 9.17) is 5.73 Å². The molecule has 0 radical (unpaired) electrons.